The molecule has 0 saturated heterocycles. The maximum atomic E-state index is 13.3. The van der Waals surface area contributed by atoms with Crippen molar-refractivity contribution in [2.45, 2.75) is 4.90 Å². The molecule has 0 radical (unpaired) electrons. The van der Waals surface area contributed by atoms with Gasteiger partial charge in [-0.05, 0) is 18.2 Å². The lowest BCUT2D eigenvalue weighted by Gasteiger charge is -2.07. The highest BCUT2D eigenvalue weighted by Crippen LogP contribution is 2.23. The summed E-state index contributed by atoms with van der Waals surface area (Å²) in [5, 5.41) is 2.37. The van der Waals surface area contributed by atoms with E-state index in [1.165, 1.54) is 24.0 Å². The highest BCUT2D eigenvalue weighted by Gasteiger charge is 2.09. The van der Waals surface area contributed by atoms with E-state index in [1.807, 2.05) is 0 Å². The van der Waals surface area contributed by atoms with Crippen LogP contribution in [-0.4, -0.2) is 16.6 Å². The zero-order valence-electron chi connectivity index (χ0n) is 10.3. The molecule has 1 aromatic carbocycles. The van der Waals surface area contributed by atoms with Crippen molar-refractivity contribution in [2.75, 3.05) is 16.8 Å². The Hall–Kier alpha value is -2.15. The summed E-state index contributed by atoms with van der Waals surface area (Å²) in [5.74, 6) is -1.85. The largest absolute Gasteiger partial charge is 0.397 e. The van der Waals surface area contributed by atoms with Crippen LogP contribution in [0.5, 0.6) is 0 Å². The van der Waals surface area contributed by atoms with Gasteiger partial charge in [0.25, 0.3) is 0 Å². The van der Waals surface area contributed by atoms with Gasteiger partial charge in [0, 0.05) is 17.2 Å². The van der Waals surface area contributed by atoms with Crippen molar-refractivity contribution >= 4 is 29.0 Å². The number of anilines is 2. The van der Waals surface area contributed by atoms with Crippen molar-refractivity contribution in [3.05, 3.63) is 48.3 Å². The van der Waals surface area contributed by atoms with Gasteiger partial charge in [-0.1, -0.05) is 0 Å². The molecule has 0 aliphatic heterocycles. The molecule has 0 atom stereocenters. The maximum Gasteiger partial charge on any atom is 0.234 e. The molecule has 1 heterocycles. The molecule has 20 heavy (non-hydrogen) atoms. The molecule has 2 rings (SSSR count). The summed E-state index contributed by atoms with van der Waals surface area (Å²) >= 11 is 1.21. The Balaban J connectivity index is 1.94. The molecule has 0 spiro atoms. The first kappa shape index (κ1) is 14.3. The number of nitrogens with two attached hydrogens (primary N) is 1. The molecule has 0 unspecified atom stereocenters. The molecule has 0 aliphatic rings. The number of carbonyl (C=O) groups excluding carboxylic acids is 1. The Bertz CT molecular complexity index is 637. The smallest absolute Gasteiger partial charge is 0.234 e. The number of pyridine rings is 1. The zero-order valence-corrected chi connectivity index (χ0v) is 11.1. The Labute approximate surface area is 118 Å². The van der Waals surface area contributed by atoms with Crippen LogP contribution in [-0.2, 0) is 4.79 Å². The summed E-state index contributed by atoms with van der Waals surface area (Å²) in [4.78, 5) is 16.2. The Morgan fingerprint density at radius 2 is 2.15 bits per heavy atom. The van der Waals surface area contributed by atoms with Gasteiger partial charge in [0.1, 0.15) is 11.6 Å². The second-order valence-corrected chi connectivity index (χ2v) is 4.89. The molecule has 3 N–H and O–H groups in total. The zero-order chi connectivity index (χ0) is 14.5. The van der Waals surface area contributed by atoms with Crippen molar-refractivity contribution in [1.82, 2.24) is 4.98 Å². The number of hydrogen-bond acceptors (Lipinski definition) is 4. The van der Waals surface area contributed by atoms with Crippen LogP contribution in [0.15, 0.2) is 41.6 Å². The quantitative estimate of drug-likeness (QED) is 0.851. The van der Waals surface area contributed by atoms with Crippen LogP contribution in [0.3, 0.4) is 0 Å². The number of benzene rings is 1. The van der Waals surface area contributed by atoms with Crippen molar-refractivity contribution in [1.29, 1.82) is 0 Å². The van der Waals surface area contributed by atoms with Gasteiger partial charge in [-0.15, -0.1) is 11.8 Å². The van der Waals surface area contributed by atoms with Gasteiger partial charge >= 0.3 is 0 Å². The second-order valence-electron chi connectivity index (χ2n) is 3.87. The van der Waals surface area contributed by atoms with E-state index in [0.29, 0.717) is 11.8 Å². The summed E-state index contributed by atoms with van der Waals surface area (Å²) in [6.07, 6.45) is 3.05. The topological polar surface area (TPSA) is 68.0 Å². The fourth-order valence-corrected chi connectivity index (χ4v) is 2.18. The number of halogens is 2. The number of aromatic nitrogens is 1. The van der Waals surface area contributed by atoms with Crippen molar-refractivity contribution in [2.24, 2.45) is 0 Å². The molecule has 0 bridgehead atoms. The van der Waals surface area contributed by atoms with Crippen LogP contribution < -0.4 is 11.1 Å². The minimum Gasteiger partial charge on any atom is -0.397 e. The monoisotopic (exact) mass is 295 g/mol. The van der Waals surface area contributed by atoms with Crippen LogP contribution in [0, 0.1) is 11.6 Å². The lowest BCUT2D eigenvalue weighted by molar-refractivity contribution is -0.113. The number of nitrogens with one attached hydrogen (secondary N) is 1. The molecule has 4 nitrogen and oxygen atoms in total. The first-order valence-electron chi connectivity index (χ1n) is 5.63. The van der Waals surface area contributed by atoms with E-state index in [1.54, 1.807) is 12.3 Å². The Morgan fingerprint density at radius 1 is 1.35 bits per heavy atom. The molecule has 1 aromatic heterocycles. The van der Waals surface area contributed by atoms with E-state index in [2.05, 4.69) is 10.3 Å². The fourth-order valence-electron chi connectivity index (χ4n) is 1.45. The average Bonchev–Trinajstić information content (AvgIpc) is 2.41. The van der Waals surface area contributed by atoms with E-state index in [9.17, 15) is 13.6 Å². The van der Waals surface area contributed by atoms with Gasteiger partial charge in [-0.2, -0.15) is 0 Å². The SMILES string of the molecule is Nc1cnccc1SCC(=O)Nc1ccc(F)cc1F. The van der Waals surface area contributed by atoms with Gasteiger partial charge in [-0.25, -0.2) is 8.78 Å². The van der Waals surface area contributed by atoms with Crippen molar-refractivity contribution < 1.29 is 13.6 Å². The van der Waals surface area contributed by atoms with Crippen LogP contribution in [0.4, 0.5) is 20.2 Å². The summed E-state index contributed by atoms with van der Waals surface area (Å²) in [6, 6.07) is 4.65. The predicted molar refractivity (Wildman–Crippen MR) is 74.4 cm³/mol. The van der Waals surface area contributed by atoms with Gasteiger partial charge in [0.2, 0.25) is 5.91 Å². The van der Waals surface area contributed by atoms with Crippen molar-refractivity contribution in [3.63, 3.8) is 0 Å². The van der Waals surface area contributed by atoms with Crippen molar-refractivity contribution in [3.8, 4) is 0 Å². The molecule has 0 fully saturated rings. The molecule has 0 aliphatic carbocycles. The number of rotatable bonds is 4. The third kappa shape index (κ3) is 3.67. The van der Waals surface area contributed by atoms with E-state index in [4.69, 9.17) is 5.73 Å². The first-order valence-corrected chi connectivity index (χ1v) is 6.62. The van der Waals surface area contributed by atoms with Gasteiger partial charge < -0.3 is 11.1 Å². The summed E-state index contributed by atoms with van der Waals surface area (Å²) < 4.78 is 26.1. The summed E-state index contributed by atoms with van der Waals surface area (Å²) in [6.45, 7) is 0. The molecule has 0 saturated carbocycles. The lowest BCUT2D eigenvalue weighted by atomic mass is 10.3. The molecule has 104 valence electrons. The summed E-state index contributed by atoms with van der Waals surface area (Å²) in [5.41, 5.74) is 6.10. The van der Waals surface area contributed by atoms with Crippen LogP contribution in [0.25, 0.3) is 0 Å². The van der Waals surface area contributed by atoms with Crippen LogP contribution in [0.1, 0.15) is 0 Å². The minimum absolute atomic E-state index is 0.0558. The highest BCUT2D eigenvalue weighted by molar-refractivity contribution is 8.00. The third-order valence-corrected chi connectivity index (χ3v) is 3.46. The predicted octanol–water partition coefficient (Wildman–Crippen LogP) is 2.67. The molecular weight excluding hydrogens is 284 g/mol. The number of thioether (sulfide) groups is 1. The van der Waals surface area contributed by atoms with Crippen LogP contribution >= 0.6 is 11.8 Å². The standard InChI is InChI=1S/C13H11F2N3OS/c14-8-1-2-11(9(15)5-8)18-13(19)7-20-12-3-4-17-6-10(12)16/h1-6H,7,16H2,(H,18,19). The second kappa shape index (κ2) is 6.33. The number of carbonyl (C=O) groups is 1. The minimum atomic E-state index is -0.813. The highest BCUT2D eigenvalue weighted by atomic mass is 32.2. The van der Waals surface area contributed by atoms with E-state index in [-0.39, 0.29) is 11.4 Å². The number of amides is 1. The number of hydrogen-bond donors (Lipinski definition) is 2. The first-order chi connectivity index (χ1) is 9.56. The molecule has 7 heteroatoms. The Kier molecular flexibility index (Phi) is 4.52. The fraction of sp³-hybridized carbons (Fsp3) is 0.0769. The van der Waals surface area contributed by atoms with Crippen LogP contribution in [0.2, 0.25) is 0 Å². The maximum absolute atomic E-state index is 13.3. The normalized spacial score (nSPS) is 10.3. The molecule has 2 aromatic rings. The van der Waals surface area contributed by atoms with Gasteiger partial charge in [0.05, 0.1) is 23.3 Å². The summed E-state index contributed by atoms with van der Waals surface area (Å²) in [7, 11) is 0. The Morgan fingerprint density at radius 3 is 2.85 bits per heavy atom. The van der Waals surface area contributed by atoms with Gasteiger partial charge in [-0.3, -0.25) is 9.78 Å². The van der Waals surface area contributed by atoms with Gasteiger partial charge in [0.15, 0.2) is 0 Å². The van der Waals surface area contributed by atoms with E-state index >= 15 is 0 Å². The lowest BCUT2D eigenvalue weighted by Crippen LogP contribution is -2.15. The van der Waals surface area contributed by atoms with E-state index < -0.39 is 17.5 Å². The van der Waals surface area contributed by atoms with E-state index in [0.717, 1.165) is 11.0 Å². The number of nitrogen functional groups attached to an aromatic ring is 1. The third-order valence-electron chi connectivity index (χ3n) is 2.37. The molecular formula is C13H11F2N3OS. The average molecular weight is 295 g/mol. The molecule has 1 amide bonds. The number of nitrogens with zero attached hydrogens (tertiary/aromatic N) is 1.